The van der Waals surface area contributed by atoms with Crippen LogP contribution in [-0.4, -0.2) is 0 Å². The van der Waals surface area contributed by atoms with Crippen molar-refractivity contribution in [2.24, 2.45) is 5.92 Å². The average Bonchev–Trinajstić information content (AvgIpc) is 2.04. The summed E-state index contributed by atoms with van der Waals surface area (Å²) in [5.41, 5.74) is 1.26. The Kier molecular flexibility index (Phi) is 5.35. The highest BCUT2D eigenvalue weighted by atomic mass is 19.1. The van der Waals surface area contributed by atoms with Gasteiger partial charge in [0.15, 0.2) is 0 Å². The maximum Gasteiger partial charge on any atom is 0.122 e. The minimum atomic E-state index is -0.276. The van der Waals surface area contributed by atoms with Crippen LogP contribution < -0.4 is 0 Å². The molecule has 0 saturated heterocycles. The molecule has 0 aliphatic rings. The summed E-state index contributed by atoms with van der Waals surface area (Å²) in [6.07, 6.45) is 5.48. The molecule has 0 radical (unpaired) electrons. The molecule has 0 fully saturated rings. The van der Waals surface area contributed by atoms with E-state index in [1.807, 2.05) is 6.08 Å². The topological polar surface area (TPSA) is 0 Å². The highest BCUT2D eigenvalue weighted by Gasteiger charge is 1.97. The molecule has 0 aromatic heterocycles. The second-order valence-electron chi connectivity index (χ2n) is 3.01. The van der Waals surface area contributed by atoms with E-state index in [2.05, 4.69) is 27.4 Å². The first kappa shape index (κ1) is 11.2. The van der Waals surface area contributed by atoms with Crippen molar-refractivity contribution in [3.05, 3.63) is 36.2 Å². The van der Waals surface area contributed by atoms with Gasteiger partial charge >= 0.3 is 0 Å². The summed E-state index contributed by atoms with van der Waals surface area (Å²) in [6, 6.07) is 0. The molecule has 12 heavy (non-hydrogen) atoms. The van der Waals surface area contributed by atoms with Crippen LogP contribution in [0.4, 0.5) is 4.39 Å². The lowest BCUT2D eigenvalue weighted by Gasteiger charge is -2.06. The van der Waals surface area contributed by atoms with E-state index in [4.69, 9.17) is 0 Å². The number of allylic oxidation sites excluding steroid dienone is 5. The van der Waals surface area contributed by atoms with E-state index in [1.54, 1.807) is 0 Å². The molecule has 0 aliphatic carbocycles. The molecule has 0 bridgehead atoms. The second-order valence-corrected chi connectivity index (χ2v) is 3.01. The van der Waals surface area contributed by atoms with Crippen LogP contribution in [0, 0.1) is 5.92 Å². The molecule has 0 rings (SSSR count). The second kappa shape index (κ2) is 5.76. The maximum absolute atomic E-state index is 12.6. The van der Waals surface area contributed by atoms with Gasteiger partial charge in [-0.05, 0) is 24.5 Å². The lowest BCUT2D eigenvalue weighted by molar-refractivity contribution is 0.666. The molecule has 0 heterocycles. The highest BCUT2D eigenvalue weighted by molar-refractivity contribution is 5.20. The third kappa shape index (κ3) is 4.12. The Morgan fingerprint density at radius 3 is 2.33 bits per heavy atom. The van der Waals surface area contributed by atoms with Crippen molar-refractivity contribution in [3.63, 3.8) is 0 Å². The Hall–Kier alpha value is -0.850. The lowest BCUT2D eigenvalue weighted by atomic mass is 10.0. The normalized spacial score (nSPS) is 13.8. The molecule has 0 nitrogen and oxygen atoms in total. The van der Waals surface area contributed by atoms with Crippen molar-refractivity contribution >= 4 is 0 Å². The Morgan fingerprint density at radius 2 is 2.00 bits per heavy atom. The molecule has 0 saturated carbocycles. The fourth-order valence-electron chi connectivity index (χ4n) is 0.973. The van der Waals surface area contributed by atoms with Gasteiger partial charge in [0.2, 0.25) is 0 Å². The lowest BCUT2D eigenvalue weighted by Crippen LogP contribution is -1.91. The van der Waals surface area contributed by atoms with Gasteiger partial charge < -0.3 is 0 Å². The van der Waals surface area contributed by atoms with Crippen LogP contribution in [0.2, 0.25) is 0 Å². The Labute approximate surface area is 74.5 Å². The summed E-state index contributed by atoms with van der Waals surface area (Å²) in [5, 5.41) is 0. The zero-order chi connectivity index (χ0) is 9.56. The zero-order valence-electron chi connectivity index (χ0n) is 8.10. The van der Waals surface area contributed by atoms with Crippen LogP contribution in [0.15, 0.2) is 36.2 Å². The van der Waals surface area contributed by atoms with Gasteiger partial charge in [-0.25, -0.2) is 4.39 Å². The number of hydrogen-bond acceptors (Lipinski definition) is 0. The maximum atomic E-state index is 12.6. The van der Waals surface area contributed by atoms with Crippen molar-refractivity contribution in [2.75, 3.05) is 0 Å². The van der Waals surface area contributed by atoms with Crippen molar-refractivity contribution < 1.29 is 4.39 Å². The van der Waals surface area contributed by atoms with E-state index in [1.165, 1.54) is 17.7 Å². The summed E-state index contributed by atoms with van der Waals surface area (Å²) >= 11 is 0. The predicted octanol–water partition coefficient (Wildman–Crippen LogP) is 4.02. The van der Waals surface area contributed by atoms with Crippen molar-refractivity contribution in [2.45, 2.75) is 27.2 Å². The van der Waals surface area contributed by atoms with Gasteiger partial charge in [0.25, 0.3) is 0 Å². The number of rotatable bonds is 4. The van der Waals surface area contributed by atoms with Gasteiger partial charge in [-0.15, -0.1) is 0 Å². The summed E-state index contributed by atoms with van der Waals surface area (Å²) in [6.45, 7) is 9.62. The molecule has 0 N–H and O–H groups in total. The molecule has 0 aromatic carbocycles. The van der Waals surface area contributed by atoms with E-state index >= 15 is 0 Å². The quantitative estimate of drug-likeness (QED) is 0.556. The Bertz CT molecular complexity index is 197. The van der Waals surface area contributed by atoms with Crippen molar-refractivity contribution in [1.82, 2.24) is 0 Å². The van der Waals surface area contributed by atoms with Crippen LogP contribution >= 0.6 is 0 Å². The van der Waals surface area contributed by atoms with E-state index in [0.29, 0.717) is 5.92 Å². The van der Waals surface area contributed by atoms with Gasteiger partial charge in [-0.3, -0.25) is 0 Å². The van der Waals surface area contributed by atoms with Gasteiger partial charge in [-0.1, -0.05) is 39.0 Å². The van der Waals surface area contributed by atoms with Gasteiger partial charge in [0.1, 0.15) is 5.83 Å². The molecular weight excluding hydrogens is 151 g/mol. The molecule has 0 aromatic rings. The summed E-state index contributed by atoms with van der Waals surface area (Å²) in [4.78, 5) is 0. The van der Waals surface area contributed by atoms with Crippen LogP contribution in [0.25, 0.3) is 0 Å². The monoisotopic (exact) mass is 168 g/mol. The summed E-state index contributed by atoms with van der Waals surface area (Å²) in [5.74, 6) is 0.213. The predicted molar refractivity (Wildman–Crippen MR) is 52.6 cm³/mol. The van der Waals surface area contributed by atoms with E-state index in [9.17, 15) is 4.39 Å². The third-order valence-electron chi connectivity index (χ3n) is 1.80. The Morgan fingerprint density at radius 1 is 1.42 bits per heavy atom. The molecule has 68 valence electrons. The third-order valence-corrected chi connectivity index (χ3v) is 1.80. The first-order valence-corrected chi connectivity index (χ1v) is 4.30. The highest BCUT2D eigenvalue weighted by Crippen LogP contribution is 2.13. The van der Waals surface area contributed by atoms with Gasteiger partial charge in [0, 0.05) is 0 Å². The fraction of sp³-hybridized carbons (Fsp3) is 0.455. The first-order valence-electron chi connectivity index (χ1n) is 4.30. The minimum absolute atomic E-state index is 0.276. The van der Waals surface area contributed by atoms with Crippen LogP contribution in [-0.2, 0) is 0 Å². The largest absolute Gasteiger partial charge is 0.207 e. The molecular formula is C11H17F. The first-order chi connectivity index (χ1) is 5.61. The van der Waals surface area contributed by atoms with Gasteiger partial charge in [0.05, 0.1) is 0 Å². The number of hydrogen-bond donors (Lipinski definition) is 0. The Balaban J connectivity index is 4.40. The summed E-state index contributed by atoms with van der Waals surface area (Å²) in [7, 11) is 0. The molecule has 0 spiro atoms. The molecule has 0 unspecified atom stereocenters. The van der Waals surface area contributed by atoms with E-state index < -0.39 is 0 Å². The van der Waals surface area contributed by atoms with Crippen molar-refractivity contribution in [3.8, 4) is 0 Å². The van der Waals surface area contributed by atoms with E-state index in [-0.39, 0.29) is 5.83 Å². The SMILES string of the molecule is C=C/C(F)=C\C=C(/CC)C(C)C. The zero-order valence-corrected chi connectivity index (χ0v) is 8.10. The standard InChI is InChI=1S/C11H17F/c1-5-10(9(3)4)7-8-11(12)6-2/h6-9H,2,5H2,1,3-4H3/b10-7+,11-8+. The number of halogens is 1. The van der Waals surface area contributed by atoms with E-state index in [0.717, 1.165) is 6.42 Å². The van der Waals surface area contributed by atoms with Crippen LogP contribution in [0.1, 0.15) is 27.2 Å². The summed E-state index contributed by atoms with van der Waals surface area (Å²) < 4.78 is 12.6. The fourth-order valence-corrected chi connectivity index (χ4v) is 0.973. The molecule has 1 heteroatoms. The van der Waals surface area contributed by atoms with Crippen molar-refractivity contribution in [1.29, 1.82) is 0 Å². The van der Waals surface area contributed by atoms with Gasteiger partial charge in [-0.2, -0.15) is 0 Å². The molecule has 0 atom stereocenters. The van der Waals surface area contributed by atoms with Crippen LogP contribution in [0.5, 0.6) is 0 Å². The smallest absolute Gasteiger partial charge is 0.122 e. The molecule has 0 aliphatic heterocycles. The average molecular weight is 168 g/mol. The minimum Gasteiger partial charge on any atom is -0.207 e. The molecule has 0 amide bonds. The van der Waals surface area contributed by atoms with Crippen LogP contribution in [0.3, 0.4) is 0 Å².